The fourth-order valence-corrected chi connectivity index (χ4v) is 13.9. The van der Waals surface area contributed by atoms with Crippen LogP contribution in [0.2, 0.25) is 0 Å². The number of carbonyl (C=O) groups excluding carboxylic acids is 4. The molecule has 0 fully saturated rings. The van der Waals surface area contributed by atoms with Crippen molar-refractivity contribution in [2.24, 2.45) is 23.7 Å². The zero-order chi connectivity index (χ0) is 73.8. The minimum atomic E-state index is -4.96. The smallest absolute Gasteiger partial charge is 0.462 e. The Hall–Kier alpha value is -1.94. The van der Waals surface area contributed by atoms with E-state index in [2.05, 4.69) is 55.4 Å². The number of aliphatic hydroxyl groups is 1. The van der Waals surface area contributed by atoms with Gasteiger partial charge in [0.05, 0.1) is 26.4 Å². The lowest BCUT2D eigenvalue weighted by atomic mass is 9.99. The molecule has 5 unspecified atom stereocenters. The van der Waals surface area contributed by atoms with Crippen molar-refractivity contribution in [2.75, 3.05) is 39.6 Å². The Morgan fingerprint density at radius 1 is 0.280 bits per heavy atom. The van der Waals surface area contributed by atoms with E-state index in [0.717, 1.165) is 114 Å². The lowest BCUT2D eigenvalue weighted by molar-refractivity contribution is -0.161. The molecule has 0 aliphatic carbocycles. The third-order valence-corrected chi connectivity index (χ3v) is 21.4. The van der Waals surface area contributed by atoms with Crippen molar-refractivity contribution in [3.8, 4) is 0 Å². The Morgan fingerprint density at radius 3 is 0.710 bits per heavy atom. The van der Waals surface area contributed by atoms with Gasteiger partial charge in [-0.2, -0.15) is 0 Å². The summed E-state index contributed by atoms with van der Waals surface area (Å²) < 4.78 is 68.7. The lowest BCUT2D eigenvalue weighted by Crippen LogP contribution is -2.30. The number of ether oxygens (including phenoxy) is 4. The Labute approximate surface area is 613 Å². The summed E-state index contributed by atoms with van der Waals surface area (Å²) in [6.45, 7) is 14.3. The van der Waals surface area contributed by atoms with Crippen LogP contribution in [0.5, 0.6) is 0 Å². The summed E-state index contributed by atoms with van der Waals surface area (Å²) in [4.78, 5) is 73.0. The molecule has 0 radical (unpaired) electrons. The molecule has 0 aromatic carbocycles. The molecule has 594 valence electrons. The zero-order valence-electron chi connectivity index (χ0n) is 65.8. The topological polar surface area (TPSA) is 237 Å². The maximum absolute atomic E-state index is 13.1. The van der Waals surface area contributed by atoms with E-state index in [-0.39, 0.29) is 25.7 Å². The summed E-state index contributed by atoms with van der Waals surface area (Å²) in [6.07, 6.45) is 56.8. The summed E-state index contributed by atoms with van der Waals surface area (Å²) in [5, 5.41) is 10.6. The molecule has 0 bridgehead atoms. The fraction of sp³-hybridized carbons (Fsp3) is 0.951. The second-order valence-electron chi connectivity index (χ2n) is 30.6. The number of rotatable bonds is 78. The molecule has 0 aromatic heterocycles. The van der Waals surface area contributed by atoms with E-state index in [0.29, 0.717) is 31.6 Å². The van der Waals surface area contributed by atoms with Crippen LogP contribution in [0.1, 0.15) is 415 Å². The van der Waals surface area contributed by atoms with E-state index in [1.165, 1.54) is 212 Å². The largest absolute Gasteiger partial charge is 0.472 e. The van der Waals surface area contributed by atoms with E-state index < -0.39 is 97.5 Å². The highest BCUT2D eigenvalue weighted by Gasteiger charge is 2.30. The third kappa shape index (κ3) is 71.7. The minimum Gasteiger partial charge on any atom is -0.462 e. The SMILES string of the molecule is CCC(C)CCCCCCCCCCCCCCCCC(=O)O[C@H](COC(=O)CCCCCCCCCCCCCC(C)C)COP(=O)(O)OCC(O)COP(=O)(O)OC[C@@H](COC(=O)CCCCCCCCCC(C)C)OC(=O)CCCCCCCCCCCCCCCCC(C)CC. The van der Waals surface area contributed by atoms with Gasteiger partial charge < -0.3 is 33.8 Å². The molecule has 0 aromatic rings. The molecule has 0 spiro atoms. The van der Waals surface area contributed by atoms with E-state index in [1.54, 1.807) is 0 Å². The molecule has 0 aliphatic heterocycles. The Balaban J connectivity index is 5.24. The number of phosphoric ester groups is 2. The van der Waals surface area contributed by atoms with Crippen molar-refractivity contribution in [1.82, 2.24) is 0 Å². The number of hydrogen-bond donors (Lipinski definition) is 3. The highest BCUT2D eigenvalue weighted by Crippen LogP contribution is 2.45. The molecule has 0 amide bonds. The summed E-state index contributed by atoms with van der Waals surface area (Å²) in [6, 6.07) is 0. The minimum absolute atomic E-state index is 0.107. The average Bonchev–Trinajstić information content (AvgIpc) is 0.998. The molecule has 0 aliphatic rings. The lowest BCUT2D eigenvalue weighted by Gasteiger charge is -2.21. The normalized spacial score (nSPS) is 14.6. The van der Waals surface area contributed by atoms with Gasteiger partial charge in [0.1, 0.15) is 19.3 Å². The van der Waals surface area contributed by atoms with Gasteiger partial charge in [-0.1, -0.05) is 364 Å². The molecular weight excluding hydrogens is 1310 g/mol. The Bertz CT molecular complexity index is 1960. The van der Waals surface area contributed by atoms with Gasteiger partial charge in [-0.05, 0) is 49.4 Å². The summed E-state index contributed by atoms with van der Waals surface area (Å²) in [5.74, 6) is 1.05. The number of unbranched alkanes of at least 4 members (excludes halogenated alkanes) is 42. The number of phosphoric acid groups is 2. The van der Waals surface area contributed by atoms with Gasteiger partial charge in [0.15, 0.2) is 12.2 Å². The second kappa shape index (κ2) is 70.1. The summed E-state index contributed by atoms with van der Waals surface area (Å²) >= 11 is 0. The molecule has 0 saturated carbocycles. The first kappa shape index (κ1) is 98.1. The maximum Gasteiger partial charge on any atom is 0.472 e. The van der Waals surface area contributed by atoms with E-state index in [1.807, 2.05) is 0 Å². The van der Waals surface area contributed by atoms with Gasteiger partial charge in [0.25, 0.3) is 0 Å². The first-order valence-electron chi connectivity index (χ1n) is 41.8. The van der Waals surface area contributed by atoms with Crippen LogP contribution >= 0.6 is 15.6 Å². The van der Waals surface area contributed by atoms with Crippen LogP contribution in [0.4, 0.5) is 0 Å². The van der Waals surface area contributed by atoms with E-state index >= 15 is 0 Å². The second-order valence-corrected chi connectivity index (χ2v) is 33.5. The number of carbonyl (C=O) groups is 4. The number of esters is 4. The van der Waals surface area contributed by atoms with Crippen molar-refractivity contribution in [3.05, 3.63) is 0 Å². The molecular formula is C81H158O17P2. The summed E-state index contributed by atoms with van der Waals surface area (Å²) in [7, 11) is -9.92. The molecule has 0 rings (SSSR count). The van der Waals surface area contributed by atoms with Crippen LogP contribution in [-0.4, -0.2) is 96.7 Å². The van der Waals surface area contributed by atoms with Gasteiger partial charge in [-0.25, -0.2) is 9.13 Å². The summed E-state index contributed by atoms with van der Waals surface area (Å²) in [5.41, 5.74) is 0. The van der Waals surface area contributed by atoms with Gasteiger partial charge >= 0.3 is 39.5 Å². The van der Waals surface area contributed by atoms with Crippen molar-refractivity contribution in [3.63, 3.8) is 0 Å². The van der Waals surface area contributed by atoms with Crippen LogP contribution in [-0.2, 0) is 65.4 Å². The van der Waals surface area contributed by atoms with Crippen molar-refractivity contribution in [1.29, 1.82) is 0 Å². The van der Waals surface area contributed by atoms with Crippen LogP contribution in [0.3, 0.4) is 0 Å². The fourth-order valence-electron chi connectivity index (χ4n) is 12.4. The first-order chi connectivity index (χ1) is 48.2. The van der Waals surface area contributed by atoms with Gasteiger partial charge in [0, 0.05) is 25.7 Å². The third-order valence-electron chi connectivity index (χ3n) is 19.5. The molecule has 17 nitrogen and oxygen atoms in total. The molecule has 3 N–H and O–H groups in total. The van der Waals surface area contributed by atoms with Gasteiger partial charge in [-0.15, -0.1) is 0 Å². The van der Waals surface area contributed by atoms with Gasteiger partial charge in [-0.3, -0.25) is 37.3 Å². The standard InChI is InChI=1S/C81H158O17P2/c1-9-73(7)59-51-43-35-27-21-15-11-13-17-23-30-38-47-55-63-80(85)97-76(67-91-78(83)61-53-45-37-29-25-19-20-26-33-41-49-57-71(3)4)69-95-99(87,88)93-65-75(82)66-94-100(89,90)96-70-77(68-92-79(84)62-54-46-40-32-34-42-50-58-72(5)6)98-81(86)64-56-48-39-31-24-18-14-12-16-22-28-36-44-52-60-74(8)10-2/h71-77,82H,9-70H2,1-8H3,(H,87,88)(H,89,90)/t73?,74?,75?,76-,77-/m1/s1. The van der Waals surface area contributed by atoms with Crippen molar-refractivity contribution >= 4 is 39.5 Å². The first-order valence-corrected chi connectivity index (χ1v) is 44.8. The Morgan fingerprint density at radius 2 is 0.480 bits per heavy atom. The molecule has 0 saturated heterocycles. The molecule has 0 heterocycles. The van der Waals surface area contributed by atoms with Gasteiger partial charge in [0.2, 0.25) is 0 Å². The predicted molar refractivity (Wildman–Crippen MR) is 409 cm³/mol. The predicted octanol–water partition coefficient (Wildman–Crippen LogP) is 24.0. The molecule has 7 atom stereocenters. The average molecular weight is 1470 g/mol. The van der Waals surface area contributed by atoms with Crippen LogP contribution in [0.15, 0.2) is 0 Å². The van der Waals surface area contributed by atoms with Crippen LogP contribution in [0, 0.1) is 23.7 Å². The number of hydrogen-bond acceptors (Lipinski definition) is 15. The van der Waals surface area contributed by atoms with Crippen LogP contribution in [0.25, 0.3) is 0 Å². The molecule has 19 heteroatoms. The quantitative estimate of drug-likeness (QED) is 0.0222. The number of aliphatic hydroxyl groups excluding tert-OH is 1. The molecule has 100 heavy (non-hydrogen) atoms. The Kier molecular flexibility index (Phi) is 68.7. The highest BCUT2D eigenvalue weighted by atomic mass is 31.2. The zero-order valence-corrected chi connectivity index (χ0v) is 67.6. The maximum atomic E-state index is 13.1. The van der Waals surface area contributed by atoms with Crippen molar-refractivity contribution in [2.45, 2.75) is 433 Å². The van der Waals surface area contributed by atoms with Crippen LogP contribution < -0.4 is 0 Å². The van der Waals surface area contributed by atoms with Crippen molar-refractivity contribution < 1.29 is 80.2 Å². The highest BCUT2D eigenvalue weighted by molar-refractivity contribution is 7.47. The van der Waals surface area contributed by atoms with E-state index in [9.17, 15) is 43.2 Å². The van der Waals surface area contributed by atoms with E-state index in [4.69, 9.17) is 37.0 Å². The monoisotopic (exact) mass is 1470 g/mol.